The summed E-state index contributed by atoms with van der Waals surface area (Å²) in [5.74, 6) is -0.358. The van der Waals surface area contributed by atoms with Crippen LogP contribution in [0.3, 0.4) is 0 Å². The van der Waals surface area contributed by atoms with E-state index >= 15 is 0 Å². The number of ether oxygens (including phenoxy) is 1. The molecule has 0 aromatic rings. The smallest absolute Gasteiger partial charge is 0.234 e. The molecule has 0 aromatic heterocycles. The Morgan fingerprint density at radius 2 is 2.20 bits per heavy atom. The minimum absolute atomic E-state index is 0.00675. The third-order valence-electron chi connectivity index (χ3n) is 3.98. The quantitative estimate of drug-likeness (QED) is 0.227. The summed E-state index contributed by atoms with van der Waals surface area (Å²) in [7, 11) is 0. The molecule has 0 bridgehead atoms. The molecule has 1 atom stereocenters. The predicted octanol–water partition coefficient (Wildman–Crippen LogP) is -1.08. The summed E-state index contributed by atoms with van der Waals surface area (Å²) >= 11 is 0. The lowest BCUT2D eigenvalue weighted by molar-refractivity contribution is -0.133. The number of nitrogens with zero attached hydrogens (tertiary/aromatic N) is 1. The number of nitrogens with two attached hydrogens (primary N) is 1. The maximum Gasteiger partial charge on any atom is 0.234 e. The van der Waals surface area contributed by atoms with Gasteiger partial charge in [0.2, 0.25) is 11.8 Å². The van der Waals surface area contributed by atoms with E-state index in [4.69, 9.17) is 15.7 Å². The van der Waals surface area contributed by atoms with Crippen LogP contribution >= 0.6 is 0 Å². The second-order valence-corrected chi connectivity index (χ2v) is 5.19. The van der Waals surface area contributed by atoms with Crippen molar-refractivity contribution in [1.29, 1.82) is 0 Å². The van der Waals surface area contributed by atoms with Crippen molar-refractivity contribution >= 4 is 17.6 Å². The highest BCUT2D eigenvalue weighted by Crippen LogP contribution is 2.31. The molecular weight excluding hydrogens is 264 g/mol. The number of carbonyl (C=O) groups is 2. The van der Waals surface area contributed by atoms with E-state index in [9.17, 15) is 9.59 Å². The van der Waals surface area contributed by atoms with Gasteiger partial charge in [-0.15, -0.1) is 0 Å². The van der Waals surface area contributed by atoms with Crippen molar-refractivity contribution in [3.8, 4) is 0 Å². The van der Waals surface area contributed by atoms with Gasteiger partial charge in [-0.3, -0.25) is 9.59 Å². The molecule has 0 saturated carbocycles. The molecule has 2 fully saturated rings. The summed E-state index contributed by atoms with van der Waals surface area (Å²) in [6.07, 6.45) is 1.76. The lowest BCUT2D eigenvalue weighted by Gasteiger charge is -2.36. The highest BCUT2D eigenvalue weighted by Gasteiger charge is 2.45. The zero-order chi connectivity index (χ0) is 14.6. The van der Waals surface area contributed by atoms with Crippen LogP contribution in [0.15, 0.2) is 5.16 Å². The molecular formula is C12H20N4O4. The summed E-state index contributed by atoms with van der Waals surface area (Å²) in [4.78, 5) is 23.6. The Labute approximate surface area is 116 Å². The van der Waals surface area contributed by atoms with Gasteiger partial charge in [-0.05, 0) is 19.3 Å². The van der Waals surface area contributed by atoms with Gasteiger partial charge in [0.1, 0.15) is 5.41 Å². The van der Waals surface area contributed by atoms with Gasteiger partial charge in [-0.2, -0.15) is 0 Å². The van der Waals surface area contributed by atoms with Crippen LogP contribution in [0.2, 0.25) is 0 Å². The van der Waals surface area contributed by atoms with E-state index in [2.05, 4.69) is 15.8 Å². The molecule has 2 aliphatic heterocycles. The maximum atomic E-state index is 12.5. The average Bonchev–Trinajstić information content (AvgIpc) is 2.49. The lowest BCUT2D eigenvalue weighted by Crippen LogP contribution is -2.57. The fraction of sp³-hybridized carbons (Fsp3) is 0.750. The highest BCUT2D eigenvalue weighted by atomic mass is 16.5. The first kappa shape index (κ1) is 14.6. The van der Waals surface area contributed by atoms with Crippen molar-refractivity contribution in [3.05, 3.63) is 0 Å². The largest absolute Gasteiger partial charge is 0.409 e. The Morgan fingerprint density at radius 3 is 2.75 bits per heavy atom. The summed E-state index contributed by atoms with van der Waals surface area (Å²) in [6, 6.07) is -0.119. The van der Waals surface area contributed by atoms with E-state index in [-0.39, 0.29) is 23.7 Å². The number of nitrogens with one attached hydrogen (secondary N) is 2. The first-order valence-electron chi connectivity index (χ1n) is 6.72. The van der Waals surface area contributed by atoms with Crippen molar-refractivity contribution < 1.29 is 19.5 Å². The number of hydrogen-bond acceptors (Lipinski definition) is 5. The number of carbonyl (C=O) groups excluding carboxylic acids is 2. The molecule has 5 N–H and O–H groups in total. The summed E-state index contributed by atoms with van der Waals surface area (Å²) in [6.45, 7) is 1.20. The number of piperidine rings is 1. The van der Waals surface area contributed by atoms with Crippen LogP contribution in [0.5, 0.6) is 0 Å². The van der Waals surface area contributed by atoms with E-state index in [1.54, 1.807) is 0 Å². The molecule has 8 nitrogen and oxygen atoms in total. The summed E-state index contributed by atoms with van der Waals surface area (Å²) in [5, 5.41) is 17.5. The van der Waals surface area contributed by atoms with Crippen molar-refractivity contribution in [3.63, 3.8) is 0 Å². The molecule has 112 valence electrons. The zero-order valence-corrected chi connectivity index (χ0v) is 11.2. The minimum atomic E-state index is -1.02. The third-order valence-corrected chi connectivity index (χ3v) is 3.98. The van der Waals surface area contributed by atoms with Gasteiger partial charge in [0, 0.05) is 32.2 Å². The predicted molar refractivity (Wildman–Crippen MR) is 70.1 cm³/mol. The Balaban J connectivity index is 2.05. The first-order chi connectivity index (χ1) is 9.58. The van der Waals surface area contributed by atoms with Gasteiger partial charge < -0.3 is 26.3 Å². The van der Waals surface area contributed by atoms with Crippen molar-refractivity contribution in [2.24, 2.45) is 16.3 Å². The van der Waals surface area contributed by atoms with E-state index in [0.29, 0.717) is 45.4 Å². The molecule has 0 spiro atoms. The normalized spacial score (nSPS) is 26.7. The number of hydrogen-bond donors (Lipinski definition) is 4. The number of amides is 2. The number of rotatable bonds is 3. The average molecular weight is 284 g/mol. The molecule has 0 radical (unpaired) electrons. The Morgan fingerprint density at radius 1 is 1.50 bits per heavy atom. The van der Waals surface area contributed by atoms with Gasteiger partial charge in [0.25, 0.3) is 0 Å². The van der Waals surface area contributed by atoms with Crippen LogP contribution in [0.25, 0.3) is 0 Å². The summed E-state index contributed by atoms with van der Waals surface area (Å²) < 4.78 is 5.24. The molecule has 2 saturated heterocycles. The van der Waals surface area contributed by atoms with Crippen LogP contribution < -0.4 is 16.4 Å². The van der Waals surface area contributed by atoms with E-state index in [0.717, 1.165) is 0 Å². The van der Waals surface area contributed by atoms with Gasteiger partial charge >= 0.3 is 0 Å². The fourth-order valence-corrected chi connectivity index (χ4v) is 2.59. The molecule has 2 rings (SSSR count). The Bertz CT molecular complexity index is 408. The van der Waals surface area contributed by atoms with Crippen molar-refractivity contribution in [2.75, 3.05) is 19.8 Å². The monoisotopic (exact) mass is 284 g/mol. The highest BCUT2D eigenvalue weighted by molar-refractivity contribution is 6.07. The van der Waals surface area contributed by atoms with Crippen LogP contribution in [0.1, 0.15) is 25.7 Å². The zero-order valence-electron chi connectivity index (χ0n) is 11.2. The first-order valence-corrected chi connectivity index (χ1v) is 6.72. The molecule has 20 heavy (non-hydrogen) atoms. The maximum absolute atomic E-state index is 12.5. The van der Waals surface area contributed by atoms with E-state index < -0.39 is 5.41 Å². The van der Waals surface area contributed by atoms with Crippen LogP contribution in [0.4, 0.5) is 0 Å². The Kier molecular flexibility index (Phi) is 4.43. The minimum Gasteiger partial charge on any atom is -0.409 e. The number of oxime groups is 1. The van der Waals surface area contributed by atoms with Crippen LogP contribution in [-0.4, -0.2) is 48.7 Å². The van der Waals surface area contributed by atoms with Crippen molar-refractivity contribution in [2.45, 2.75) is 31.7 Å². The lowest BCUT2D eigenvalue weighted by atomic mass is 9.77. The molecule has 2 amide bonds. The van der Waals surface area contributed by atoms with E-state index in [1.165, 1.54) is 0 Å². The van der Waals surface area contributed by atoms with E-state index in [1.807, 2.05) is 0 Å². The van der Waals surface area contributed by atoms with Crippen LogP contribution in [-0.2, 0) is 14.3 Å². The van der Waals surface area contributed by atoms with Crippen LogP contribution in [0, 0.1) is 5.41 Å². The molecule has 0 aliphatic carbocycles. The number of amidine groups is 1. The molecule has 2 heterocycles. The van der Waals surface area contributed by atoms with Gasteiger partial charge in [-0.25, -0.2) is 0 Å². The van der Waals surface area contributed by atoms with Gasteiger partial charge in [-0.1, -0.05) is 5.16 Å². The SMILES string of the molecule is NC(=NO)C1(C(=O)NC2CCC(=O)NC2)CCOCC1. The molecule has 1 unspecified atom stereocenters. The fourth-order valence-electron chi connectivity index (χ4n) is 2.59. The van der Waals surface area contributed by atoms with Crippen molar-refractivity contribution in [1.82, 2.24) is 10.6 Å². The second-order valence-electron chi connectivity index (χ2n) is 5.19. The summed E-state index contributed by atoms with van der Waals surface area (Å²) in [5.41, 5.74) is 4.71. The van der Waals surface area contributed by atoms with Gasteiger partial charge in [0.05, 0.1) is 0 Å². The molecule has 0 aromatic carbocycles. The topological polar surface area (TPSA) is 126 Å². The second kappa shape index (κ2) is 6.08. The third kappa shape index (κ3) is 2.84. The Hall–Kier alpha value is -1.83. The standard InChI is InChI=1S/C12H20N4O4/c13-10(16-19)12(3-5-20-6-4-12)11(18)15-8-1-2-9(17)14-7-8/h8,19H,1-7H2,(H2,13,16)(H,14,17)(H,15,18). The molecule has 2 aliphatic rings. The molecule has 8 heteroatoms. The van der Waals surface area contributed by atoms with Gasteiger partial charge in [0.15, 0.2) is 5.84 Å².